The molecule has 0 aliphatic rings. The first-order valence-electron chi connectivity index (χ1n) is 6.59. The van der Waals surface area contributed by atoms with Crippen LogP contribution in [0.4, 0.5) is 10.5 Å². The third-order valence-electron chi connectivity index (χ3n) is 3.45. The SMILES string of the molecule is CC(CNC(=O)Nc1ccccc1C(=O)O)C(C)(C)C. The summed E-state index contributed by atoms with van der Waals surface area (Å²) in [6.45, 7) is 8.92. The van der Waals surface area contributed by atoms with Gasteiger partial charge in [0.05, 0.1) is 11.3 Å². The van der Waals surface area contributed by atoms with Gasteiger partial charge in [-0.1, -0.05) is 39.8 Å². The monoisotopic (exact) mass is 278 g/mol. The summed E-state index contributed by atoms with van der Waals surface area (Å²) >= 11 is 0. The molecule has 0 radical (unpaired) electrons. The number of carboxylic acid groups (broad SMARTS) is 1. The van der Waals surface area contributed by atoms with Crippen molar-refractivity contribution in [2.45, 2.75) is 27.7 Å². The summed E-state index contributed by atoms with van der Waals surface area (Å²) in [5.41, 5.74) is 0.471. The molecule has 0 bridgehead atoms. The number of nitrogens with one attached hydrogen (secondary N) is 2. The van der Waals surface area contributed by atoms with E-state index < -0.39 is 12.0 Å². The van der Waals surface area contributed by atoms with E-state index in [0.29, 0.717) is 18.2 Å². The van der Waals surface area contributed by atoms with Gasteiger partial charge in [-0.2, -0.15) is 0 Å². The van der Waals surface area contributed by atoms with Gasteiger partial charge in [0.1, 0.15) is 0 Å². The fourth-order valence-electron chi connectivity index (χ4n) is 1.50. The largest absolute Gasteiger partial charge is 0.478 e. The molecule has 5 heteroatoms. The molecule has 1 unspecified atom stereocenters. The zero-order chi connectivity index (χ0) is 15.3. The lowest BCUT2D eigenvalue weighted by Crippen LogP contribution is -2.36. The Labute approximate surface area is 119 Å². The number of aromatic carboxylic acids is 1. The van der Waals surface area contributed by atoms with Crippen molar-refractivity contribution in [1.29, 1.82) is 0 Å². The predicted molar refractivity (Wildman–Crippen MR) is 79.0 cm³/mol. The highest BCUT2D eigenvalue weighted by Gasteiger charge is 2.20. The Bertz CT molecular complexity index is 492. The number of anilines is 1. The van der Waals surface area contributed by atoms with E-state index in [1.807, 2.05) is 0 Å². The highest BCUT2D eigenvalue weighted by Crippen LogP contribution is 2.24. The van der Waals surface area contributed by atoms with Crippen LogP contribution in [0.15, 0.2) is 24.3 Å². The molecular weight excluding hydrogens is 256 g/mol. The molecule has 2 amide bonds. The van der Waals surface area contributed by atoms with Crippen molar-refractivity contribution in [2.24, 2.45) is 11.3 Å². The van der Waals surface area contributed by atoms with Crippen LogP contribution in [-0.2, 0) is 0 Å². The van der Waals surface area contributed by atoms with E-state index in [-0.39, 0.29) is 11.0 Å². The van der Waals surface area contributed by atoms with Crippen LogP contribution in [0.1, 0.15) is 38.1 Å². The first kappa shape index (κ1) is 16.0. The van der Waals surface area contributed by atoms with Crippen LogP contribution < -0.4 is 10.6 Å². The zero-order valence-electron chi connectivity index (χ0n) is 12.4. The summed E-state index contributed by atoms with van der Waals surface area (Å²) in [7, 11) is 0. The smallest absolute Gasteiger partial charge is 0.337 e. The lowest BCUT2D eigenvalue weighted by atomic mass is 9.82. The second-order valence-corrected chi connectivity index (χ2v) is 5.95. The Kier molecular flexibility index (Phi) is 5.13. The van der Waals surface area contributed by atoms with Crippen LogP contribution in [0.25, 0.3) is 0 Å². The van der Waals surface area contributed by atoms with E-state index in [2.05, 4.69) is 38.3 Å². The van der Waals surface area contributed by atoms with Gasteiger partial charge in [0.15, 0.2) is 0 Å². The maximum absolute atomic E-state index is 11.8. The van der Waals surface area contributed by atoms with E-state index in [0.717, 1.165) is 0 Å². The van der Waals surface area contributed by atoms with Crippen molar-refractivity contribution in [3.05, 3.63) is 29.8 Å². The second-order valence-electron chi connectivity index (χ2n) is 5.95. The topological polar surface area (TPSA) is 78.4 Å². The average Bonchev–Trinajstić information content (AvgIpc) is 2.35. The van der Waals surface area contributed by atoms with Crippen molar-refractivity contribution in [2.75, 3.05) is 11.9 Å². The molecule has 20 heavy (non-hydrogen) atoms. The molecule has 0 spiro atoms. The van der Waals surface area contributed by atoms with Gasteiger partial charge in [-0.05, 0) is 23.5 Å². The third-order valence-corrected chi connectivity index (χ3v) is 3.45. The number of hydrogen-bond acceptors (Lipinski definition) is 2. The Hall–Kier alpha value is -2.04. The molecule has 0 saturated carbocycles. The summed E-state index contributed by atoms with van der Waals surface area (Å²) in [5.74, 6) is -0.757. The number of urea groups is 1. The second kappa shape index (κ2) is 6.41. The Morgan fingerprint density at radius 1 is 1.25 bits per heavy atom. The maximum Gasteiger partial charge on any atom is 0.337 e. The summed E-state index contributed by atoms with van der Waals surface area (Å²) in [6, 6.07) is 5.93. The number of carbonyl (C=O) groups excluding carboxylic acids is 1. The van der Waals surface area contributed by atoms with Gasteiger partial charge < -0.3 is 15.7 Å². The van der Waals surface area contributed by atoms with E-state index in [1.165, 1.54) is 6.07 Å². The predicted octanol–water partition coefficient (Wildman–Crippen LogP) is 3.19. The molecule has 0 saturated heterocycles. The van der Waals surface area contributed by atoms with Crippen LogP contribution in [0, 0.1) is 11.3 Å². The normalized spacial score (nSPS) is 12.6. The van der Waals surface area contributed by atoms with Gasteiger partial charge in [0.25, 0.3) is 0 Å². The fourth-order valence-corrected chi connectivity index (χ4v) is 1.50. The van der Waals surface area contributed by atoms with Crippen molar-refractivity contribution in [1.82, 2.24) is 5.32 Å². The standard InChI is InChI=1S/C15H22N2O3/c1-10(15(2,3)4)9-16-14(20)17-12-8-6-5-7-11(12)13(18)19/h5-8,10H,9H2,1-4H3,(H,18,19)(H2,16,17,20). The minimum absolute atomic E-state index is 0.0755. The molecule has 0 heterocycles. The molecule has 1 aromatic rings. The van der Waals surface area contributed by atoms with Crippen molar-refractivity contribution < 1.29 is 14.7 Å². The minimum atomic E-state index is -1.07. The molecule has 1 atom stereocenters. The first-order valence-corrected chi connectivity index (χ1v) is 6.59. The molecule has 0 fully saturated rings. The Balaban J connectivity index is 2.62. The van der Waals surface area contributed by atoms with Gasteiger partial charge in [0.2, 0.25) is 0 Å². The van der Waals surface area contributed by atoms with Crippen LogP contribution in [0.5, 0.6) is 0 Å². The van der Waals surface area contributed by atoms with E-state index in [1.54, 1.807) is 18.2 Å². The number of carbonyl (C=O) groups is 2. The molecular formula is C15H22N2O3. The van der Waals surface area contributed by atoms with Gasteiger partial charge in [-0.3, -0.25) is 0 Å². The van der Waals surface area contributed by atoms with Crippen molar-refractivity contribution >= 4 is 17.7 Å². The van der Waals surface area contributed by atoms with Gasteiger partial charge in [-0.25, -0.2) is 9.59 Å². The molecule has 3 N–H and O–H groups in total. The maximum atomic E-state index is 11.8. The summed E-state index contributed by atoms with van der Waals surface area (Å²) in [6.07, 6.45) is 0. The quantitative estimate of drug-likeness (QED) is 0.791. The molecule has 1 aromatic carbocycles. The van der Waals surface area contributed by atoms with E-state index in [4.69, 9.17) is 5.11 Å². The molecule has 0 aliphatic carbocycles. The number of hydrogen-bond donors (Lipinski definition) is 3. The number of rotatable bonds is 4. The lowest BCUT2D eigenvalue weighted by molar-refractivity contribution is 0.0698. The summed E-state index contributed by atoms with van der Waals surface area (Å²) in [4.78, 5) is 22.8. The van der Waals surface area contributed by atoms with Gasteiger partial charge >= 0.3 is 12.0 Å². The third kappa shape index (κ3) is 4.57. The first-order chi connectivity index (χ1) is 9.21. The summed E-state index contributed by atoms with van der Waals surface area (Å²) in [5, 5.41) is 14.4. The average molecular weight is 278 g/mol. The number of para-hydroxylation sites is 1. The van der Waals surface area contributed by atoms with E-state index >= 15 is 0 Å². The molecule has 1 rings (SSSR count). The zero-order valence-corrected chi connectivity index (χ0v) is 12.4. The molecule has 0 aliphatic heterocycles. The fraction of sp³-hybridized carbons (Fsp3) is 0.467. The minimum Gasteiger partial charge on any atom is -0.478 e. The number of carboxylic acids is 1. The lowest BCUT2D eigenvalue weighted by Gasteiger charge is -2.27. The molecule has 110 valence electrons. The molecule has 5 nitrogen and oxygen atoms in total. The van der Waals surface area contributed by atoms with E-state index in [9.17, 15) is 9.59 Å². The van der Waals surface area contributed by atoms with Crippen LogP contribution in [0.3, 0.4) is 0 Å². The van der Waals surface area contributed by atoms with Crippen molar-refractivity contribution in [3.63, 3.8) is 0 Å². The van der Waals surface area contributed by atoms with Crippen LogP contribution in [0.2, 0.25) is 0 Å². The van der Waals surface area contributed by atoms with Crippen molar-refractivity contribution in [3.8, 4) is 0 Å². The molecule has 0 aromatic heterocycles. The van der Waals surface area contributed by atoms with Crippen LogP contribution >= 0.6 is 0 Å². The van der Waals surface area contributed by atoms with Gasteiger partial charge in [-0.15, -0.1) is 0 Å². The summed E-state index contributed by atoms with van der Waals surface area (Å²) < 4.78 is 0. The highest BCUT2D eigenvalue weighted by molar-refractivity contribution is 5.99. The van der Waals surface area contributed by atoms with Gasteiger partial charge in [0, 0.05) is 6.54 Å². The van der Waals surface area contributed by atoms with Crippen LogP contribution in [-0.4, -0.2) is 23.7 Å². The Morgan fingerprint density at radius 3 is 2.40 bits per heavy atom. The number of amides is 2. The number of benzene rings is 1. The Morgan fingerprint density at radius 2 is 1.85 bits per heavy atom. The highest BCUT2D eigenvalue weighted by atomic mass is 16.4.